The number of hydrogen-bond donors (Lipinski definition) is 0. The number of alkyl halides is 1. The van der Waals surface area contributed by atoms with Crippen molar-refractivity contribution in [3.05, 3.63) is 17.8 Å². The van der Waals surface area contributed by atoms with Crippen molar-refractivity contribution in [2.45, 2.75) is 19.1 Å². The normalized spacial score (nSPS) is 24.7. The number of morpholine rings is 1. The van der Waals surface area contributed by atoms with Gasteiger partial charge in [0.1, 0.15) is 17.0 Å². The van der Waals surface area contributed by atoms with E-state index in [9.17, 15) is 0 Å². The first-order valence-corrected chi connectivity index (χ1v) is 7.33. The van der Waals surface area contributed by atoms with Crippen LogP contribution in [-0.2, 0) is 4.74 Å². The Balaban J connectivity index is 1.99. The van der Waals surface area contributed by atoms with Gasteiger partial charge in [-0.3, -0.25) is 0 Å². The summed E-state index contributed by atoms with van der Waals surface area (Å²) in [6, 6.07) is 2.38. The lowest BCUT2D eigenvalue weighted by Gasteiger charge is -2.38. The van der Waals surface area contributed by atoms with Crippen molar-refractivity contribution < 1.29 is 4.74 Å². The van der Waals surface area contributed by atoms with Gasteiger partial charge in [0.2, 0.25) is 0 Å². The first-order chi connectivity index (χ1) is 8.79. The molecule has 6 heteroatoms. The minimum Gasteiger partial charge on any atom is -0.373 e. The molecule has 0 spiro atoms. The van der Waals surface area contributed by atoms with Crippen molar-refractivity contribution in [3.8, 4) is 0 Å². The Labute approximate surface area is 115 Å². The van der Waals surface area contributed by atoms with Crippen LogP contribution in [0.15, 0.2) is 17.8 Å². The number of aromatic nitrogens is 2. The highest BCUT2D eigenvalue weighted by Gasteiger charge is 2.27. The first-order valence-electron chi connectivity index (χ1n) is 5.92. The topological polar surface area (TPSA) is 38.2 Å². The van der Waals surface area contributed by atoms with E-state index in [0.29, 0.717) is 18.5 Å². The number of nitrogens with zero attached hydrogens (tertiary/aromatic N) is 3. The molecule has 3 rings (SSSR count). The molecule has 0 aliphatic carbocycles. The molecular formula is C12H14ClN3OS. The van der Waals surface area contributed by atoms with Gasteiger partial charge in [0.25, 0.3) is 0 Å². The fourth-order valence-corrected chi connectivity index (χ4v) is 3.13. The average molecular weight is 284 g/mol. The van der Waals surface area contributed by atoms with Crippen LogP contribution in [0, 0.1) is 0 Å². The minimum absolute atomic E-state index is 0.0755. The van der Waals surface area contributed by atoms with E-state index in [1.54, 1.807) is 17.7 Å². The fraction of sp³-hybridized carbons (Fsp3) is 0.500. The lowest BCUT2D eigenvalue weighted by atomic mass is 10.2. The van der Waals surface area contributed by atoms with E-state index in [1.807, 2.05) is 5.38 Å². The Kier molecular flexibility index (Phi) is 3.37. The number of rotatable bonds is 2. The third-order valence-corrected chi connectivity index (χ3v) is 4.36. The minimum atomic E-state index is 0.0755. The molecule has 0 aromatic carbocycles. The average Bonchev–Trinajstić information content (AvgIpc) is 2.87. The van der Waals surface area contributed by atoms with Crippen molar-refractivity contribution in [3.63, 3.8) is 0 Å². The summed E-state index contributed by atoms with van der Waals surface area (Å²) in [7, 11) is 0. The molecule has 2 atom stereocenters. The number of fused-ring (bicyclic) bond motifs is 1. The molecule has 2 aromatic heterocycles. The van der Waals surface area contributed by atoms with Crippen molar-refractivity contribution >= 4 is 39.0 Å². The Bertz CT molecular complexity index is 547. The summed E-state index contributed by atoms with van der Waals surface area (Å²) < 4.78 is 5.67. The Hall–Kier alpha value is -0.910. The van der Waals surface area contributed by atoms with E-state index in [1.165, 1.54) is 0 Å². The molecule has 1 aliphatic rings. The Morgan fingerprint density at radius 2 is 2.44 bits per heavy atom. The first kappa shape index (κ1) is 12.1. The van der Waals surface area contributed by atoms with Crippen LogP contribution in [0.25, 0.3) is 10.2 Å². The van der Waals surface area contributed by atoms with Crippen LogP contribution in [0.3, 0.4) is 0 Å². The van der Waals surface area contributed by atoms with Gasteiger partial charge in [-0.05, 0) is 18.4 Å². The van der Waals surface area contributed by atoms with E-state index in [2.05, 4.69) is 27.9 Å². The maximum atomic E-state index is 5.90. The molecule has 0 bridgehead atoms. The van der Waals surface area contributed by atoms with E-state index >= 15 is 0 Å². The summed E-state index contributed by atoms with van der Waals surface area (Å²) in [4.78, 5) is 12.0. The SMILES string of the molecule is CC1COC(CCl)CN1c1ncnc2sccc12. The van der Waals surface area contributed by atoms with Crippen LogP contribution in [0.4, 0.5) is 5.82 Å². The summed E-state index contributed by atoms with van der Waals surface area (Å²) in [5.41, 5.74) is 0. The predicted octanol–water partition coefficient (Wildman–Crippen LogP) is 2.52. The number of ether oxygens (including phenoxy) is 1. The van der Waals surface area contributed by atoms with Gasteiger partial charge in [0.05, 0.1) is 30.0 Å². The number of hydrogen-bond acceptors (Lipinski definition) is 5. The molecule has 0 radical (unpaired) electrons. The largest absolute Gasteiger partial charge is 0.373 e. The van der Waals surface area contributed by atoms with Crippen LogP contribution in [-0.4, -0.2) is 41.1 Å². The Morgan fingerprint density at radius 3 is 3.28 bits per heavy atom. The highest BCUT2D eigenvalue weighted by Crippen LogP contribution is 2.29. The van der Waals surface area contributed by atoms with Crippen LogP contribution >= 0.6 is 22.9 Å². The van der Waals surface area contributed by atoms with Gasteiger partial charge in [-0.15, -0.1) is 22.9 Å². The summed E-state index contributed by atoms with van der Waals surface area (Å²) in [6.45, 7) is 3.62. The van der Waals surface area contributed by atoms with Gasteiger partial charge in [-0.1, -0.05) is 0 Å². The third-order valence-electron chi connectivity index (χ3n) is 3.19. The molecule has 1 fully saturated rings. The predicted molar refractivity (Wildman–Crippen MR) is 74.7 cm³/mol. The molecule has 2 aromatic rings. The maximum Gasteiger partial charge on any atom is 0.141 e. The molecular weight excluding hydrogens is 270 g/mol. The van der Waals surface area contributed by atoms with E-state index in [-0.39, 0.29) is 6.10 Å². The molecule has 1 aliphatic heterocycles. The van der Waals surface area contributed by atoms with Crippen molar-refractivity contribution in [2.24, 2.45) is 0 Å². The quantitative estimate of drug-likeness (QED) is 0.794. The number of thiophene rings is 1. The van der Waals surface area contributed by atoms with Crippen molar-refractivity contribution in [1.82, 2.24) is 9.97 Å². The highest BCUT2D eigenvalue weighted by molar-refractivity contribution is 7.16. The summed E-state index contributed by atoms with van der Waals surface area (Å²) in [5.74, 6) is 1.51. The lowest BCUT2D eigenvalue weighted by Crippen LogP contribution is -2.49. The van der Waals surface area contributed by atoms with Gasteiger partial charge >= 0.3 is 0 Å². The summed E-state index contributed by atoms with van der Waals surface area (Å²) >= 11 is 7.53. The maximum absolute atomic E-state index is 5.90. The molecule has 1 saturated heterocycles. The molecule has 0 N–H and O–H groups in total. The molecule has 0 amide bonds. The van der Waals surface area contributed by atoms with E-state index in [0.717, 1.165) is 22.6 Å². The summed E-state index contributed by atoms with van der Waals surface area (Å²) in [5, 5.41) is 3.16. The van der Waals surface area contributed by atoms with Crippen LogP contribution < -0.4 is 4.90 Å². The lowest BCUT2D eigenvalue weighted by molar-refractivity contribution is 0.0362. The second-order valence-corrected chi connectivity index (χ2v) is 5.65. The van der Waals surface area contributed by atoms with Crippen LogP contribution in [0.1, 0.15) is 6.92 Å². The monoisotopic (exact) mass is 283 g/mol. The van der Waals surface area contributed by atoms with E-state index < -0.39 is 0 Å². The van der Waals surface area contributed by atoms with Gasteiger partial charge in [-0.2, -0.15) is 0 Å². The van der Waals surface area contributed by atoms with Gasteiger partial charge in [0.15, 0.2) is 0 Å². The zero-order valence-corrected chi connectivity index (χ0v) is 11.6. The van der Waals surface area contributed by atoms with Crippen molar-refractivity contribution in [1.29, 1.82) is 0 Å². The molecule has 2 unspecified atom stereocenters. The molecule has 18 heavy (non-hydrogen) atoms. The van der Waals surface area contributed by atoms with Gasteiger partial charge in [0, 0.05) is 6.54 Å². The zero-order valence-electron chi connectivity index (χ0n) is 10.0. The molecule has 96 valence electrons. The Morgan fingerprint density at radius 1 is 1.56 bits per heavy atom. The van der Waals surface area contributed by atoms with Gasteiger partial charge in [-0.25, -0.2) is 9.97 Å². The second-order valence-electron chi connectivity index (χ2n) is 4.45. The van der Waals surface area contributed by atoms with Crippen LogP contribution in [0.2, 0.25) is 0 Å². The smallest absolute Gasteiger partial charge is 0.141 e. The molecule has 4 nitrogen and oxygen atoms in total. The molecule has 0 saturated carbocycles. The molecule has 3 heterocycles. The number of anilines is 1. The fourth-order valence-electron chi connectivity index (χ4n) is 2.21. The number of halogens is 1. The standard InChI is InChI=1S/C12H14ClN3OS/c1-8-6-17-9(4-13)5-16(8)11-10-2-3-18-12(10)15-7-14-11/h2-3,7-9H,4-6H2,1H3. The van der Waals surface area contributed by atoms with Gasteiger partial charge < -0.3 is 9.64 Å². The van der Waals surface area contributed by atoms with E-state index in [4.69, 9.17) is 16.3 Å². The van der Waals surface area contributed by atoms with Crippen molar-refractivity contribution in [2.75, 3.05) is 23.9 Å². The summed E-state index contributed by atoms with van der Waals surface area (Å²) in [6.07, 6.45) is 1.71. The third kappa shape index (κ3) is 2.06. The highest BCUT2D eigenvalue weighted by atomic mass is 35.5. The second kappa shape index (κ2) is 4.99. The van der Waals surface area contributed by atoms with Crippen LogP contribution in [0.5, 0.6) is 0 Å². The zero-order chi connectivity index (χ0) is 12.5.